The number of carbonyl (C=O) groups is 2. The van der Waals surface area contributed by atoms with Gasteiger partial charge in [0.2, 0.25) is 0 Å². The molecule has 0 saturated carbocycles. The van der Waals surface area contributed by atoms with Crippen LogP contribution in [0.2, 0.25) is 0 Å². The van der Waals surface area contributed by atoms with E-state index in [4.69, 9.17) is 0 Å². The Morgan fingerprint density at radius 1 is 1.46 bits per heavy atom. The minimum Gasteiger partial charge on any atom is -0.364 e. The van der Waals surface area contributed by atoms with Crippen LogP contribution in [0.25, 0.3) is 0 Å². The third-order valence-electron chi connectivity index (χ3n) is 2.34. The lowest BCUT2D eigenvalue weighted by Gasteiger charge is -2.32. The van der Waals surface area contributed by atoms with E-state index in [9.17, 15) is 19.8 Å². The smallest absolute Gasteiger partial charge is 0.324 e. The van der Waals surface area contributed by atoms with Crippen LogP contribution in [0, 0.1) is 0 Å². The molecule has 1 fully saturated rings. The molecule has 1 unspecified atom stereocenters. The molecule has 1 aliphatic rings. The highest BCUT2D eigenvalue weighted by Crippen LogP contribution is 2.26. The van der Waals surface area contributed by atoms with Crippen molar-refractivity contribution in [1.82, 2.24) is 10.2 Å². The van der Waals surface area contributed by atoms with Gasteiger partial charge in [0, 0.05) is 7.05 Å². The maximum atomic E-state index is 11.4. The van der Waals surface area contributed by atoms with Crippen molar-refractivity contribution in [3.63, 3.8) is 0 Å². The second kappa shape index (κ2) is 2.43. The lowest BCUT2D eigenvalue weighted by molar-refractivity contribution is -0.197. The number of hydrogen-bond donors (Lipinski definition) is 3. The largest absolute Gasteiger partial charge is 0.364 e. The monoisotopic (exact) mass is 188 g/mol. The van der Waals surface area contributed by atoms with Crippen LogP contribution in [-0.2, 0) is 4.79 Å². The van der Waals surface area contributed by atoms with Crippen molar-refractivity contribution in [2.75, 3.05) is 7.05 Å². The fourth-order valence-electron chi connectivity index (χ4n) is 1.10. The number of amides is 3. The number of carbonyl (C=O) groups excluding carboxylic acids is 2. The number of aliphatic hydroxyl groups is 2. The van der Waals surface area contributed by atoms with Gasteiger partial charge in [-0.2, -0.15) is 0 Å². The van der Waals surface area contributed by atoms with E-state index in [1.165, 1.54) is 14.0 Å². The highest BCUT2D eigenvalue weighted by molar-refractivity contribution is 6.07. The summed E-state index contributed by atoms with van der Waals surface area (Å²) in [5.74, 6) is -2.94. The van der Waals surface area contributed by atoms with Gasteiger partial charge in [0.15, 0.2) is 11.3 Å². The zero-order valence-corrected chi connectivity index (χ0v) is 7.66. The van der Waals surface area contributed by atoms with Gasteiger partial charge in [-0.05, 0) is 13.8 Å². The number of nitrogens with one attached hydrogen (secondary N) is 1. The second-order valence-corrected chi connectivity index (χ2v) is 3.44. The molecular formula is C7H12N2O4. The van der Waals surface area contributed by atoms with Crippen LogP contribution in [0.4, 0.5) is 4.79 Å². The summed E-state index contributed by atoms with van der Waals surface area (Å²) in [6, 6.07) is -0.637. The van der Waals surface area contributed by atoms with Gasteiger partial charge in [-0.25, -0.2) is 4.79 Å². The lowest BCUT2D eigenvalue weighted by Crippen LogP contribution is -2.61. The fourth-order valence-corrected chi connectivity index (χ4v) is 1.10. The summed E-state index contributed by atoms with van der Waals surface area (Å²) in [7, 11) is 1.27. The first-order valence-corrected chi connectivity index (χ1v) is 3.75. The molecular weight excluding hydrogens is 176 g/mol. The minimum absolute atomic E-state index is 0.637. The third kappa shape index (κ3) is 1.18. The van der Waals surface area contributed by atoms with E-state index >= 15 is 0 Å². The van der Waals surface area contributed by atoms with E-state index in [-0.39, 0.29) is 0 Å². The van der Waals surface area contributed by atoms with Gasteiger partial charge in [-0.1, -0.05) is 0 Å². The van der Waals surface area contributed by atoms with Gasteiger partial charge in [0.1, 0.15) is 0 Å². The minimum atomic E-state index is -2.27. The molecule has 74 valence electrons. The van der Waals surface area contributed by atoms with Crippen molar-refractivity contribution in [1.29, 1.82) is 0 Å². The number of nitrogens with zero attached hydrogens (tertiary/aromatic N) is 1. The van der Waals surface area contributed by atoms with Crippen molar-refractivity contribution >= 4 is 11.9 Å². The van der Waals surface area contributed by atoms with Gasteiger partial charge in [-0.3, -0.25) is 9.69 Å². The summed E-state index contributed by atoms with van der Waals surface area (Å²) in [6.45, 7) is 2.31. The average Bonchev–Trinajstić information content (AvgIpc) is 2.15. The molecule has 1 atom stereocenters. The molecule has 0 aromatic heterocycles. The van der Waals surface area contributed by atoms with E-state index in [1.807, 2.05) is 0 Å². The first kappa shape index (κ1) is 9.94. The molecule has 0 radical (unpaired) electrons. The Balaban J connectivity index is 3.09. The fraction of sp³-hybridized carbons (Fsp3) is 0.714. The molecule has 3 N–H and O–H groups in total. The summed E-state index contributed by atoms with van der Waals surface area (Å²) in [5.41, 5.74) is -1.67. The van der Waals surface area contributed by atoms with Crippen LogP contribution in [0.5, 0.6) is 0 Å². The summed E-state index contributed by atoms with van der Waals surface area (Å²) in [4.78, 5) is 23.2. The van der Waals surface area contributed by atoms with E-state index < -0.39 is 23.3 Å². The zero-order chi connectivity index (χ0) is 10.4. The highest BCUT2D eigenvalue weighted by atomic mass is 16.5. The Hall–Kier alpha value is -1.14. The van der Waals surface area contributed by atoms with Gasteiger partial charge in [0.25, 0.3) is 5.91 Å². The van der Waals surface area contributed by atoms with E-state index in [2.05, 4.69) is 5.32 Å². The van der Waals surface area contributed by atoms with E-state index in [1.54, 1.807) is 0 Å². The number of likely N-dealkylation sites (N-methyl/N-ethyl adjacent to an activating group) is 1. The van der Waals surface area contributed by atoms with E-state index in [0.29, 0.717) is 0 Å². The number of rotatable bonds is 1. The number of imide groups is 1. The highest BCUT2D eigenvalue weighted by Gasteiger charge is 2.56. The molecule has 1 heterocycles. The number of urea groups is 1. The molecule has 0 bridgehead atoms. The van der Waals surface area contributed by atoms with Crippen molar-refractivity contribution in [3.8, 4) is 0 Å². The van der Waals surface area contributed by atoms with Crippen LogP contribution in [0.1, 0.15) is 13.8 Å². The normalized spacial score (nSPS) is 29.5. The van der Waals surface area contributed by atoms with Crippen LogP contribution in [-0.4, -0.2) is 45.4 Å². The molecule has 6 heteroatoms. The lowest BCUT2D eigenvalue weighted by atomic mass is 9.92. The topological polar surface area (TPSA) is 89.9 Å². The molecule has 1 aliphatic heterocycles. The maximum Gasteiger partial charge on any atom is 0.324 e. The molecule has 1 rings (SSSR count). The molecule has 0 aromatic rings. The first-order chi connectivity index (χ1) is 5.70. The molecule has 0 spiro atoms. The number of hydrogen-bond acceptors (Lipinski definition) is 4. The Labute approximate surface area is 75.1 Å². The molecule has 6 nitrogen and oxygen atoms in total. The van der Waals surface area contributed by atoms with Crippen LogP contribution in [0.3, 0.4) is 0 Å². The first-order valence-electron chi connectivity index (χ1n) is 3.75. The molecule has 0 aliphatic carbocycles. The Bertz CT molecular complexity index is 270. The predicted molar refractivity (Wildman–Crippen MR) is 42.5 cm³/mol. The third-order valence-corrected chi connectivity index (χ3v) is 2.34. The average molecular weight is 188 g/mol. The molecule has 1 saturated heterocycles. The zero-order valence-electron chi connectivity index (χ0n) is 7.66. The summed E-state index contributed by atoms with van der Waals surface area (Å²) < 4.78 is 0. The van der Waals surface area contributed by atoms with Gasteiger partial charge in [-0.15, -0.1) is 0 Å². The molecule has 3 amide bonds. The van der Waals surface area contributed by atoms with Gasteiger partial charge >= 0.3 is 6.03 Å². The standard InChI is InChI=1S/C7H12N2O4/c1-6(7(2,12)13)4(10)9(3)5(11)8-6/h12-13H,1-3H3,(H,8,11). The summed E-state index contributed by atoms with van der Waals surface area (Å²) in [6.07, 6.45) is 0. The molecule has 0 aromatic carbocycles. The Morgan fingerprint density at radius 2 is 1.92 bits per heavy atom. The summed E-state index contributed by atoms with van der Waals surface area (Å²) >= 11 is 0. The Kier molecular flexibility index (Phi) is 1.86. The maximum absolute atomic E-state index is 11.4. The van der Waals surface area contributed by atoms with Gasteiger partial charge in [0.05, 0.1) is 0 Å². The predicted octanol–water partition coefficient (Wildman–Crippen LogP) is -1.37. The van der Waals surface area contributed by atoms with Crippen molar-refractivity contribution in [2.24, 2.45) is 0 Å². The second-order valence-electron chi connectivity index (χ2n) is 3.44. The van der Waals surface area contributed by atoms with Crippen molar-refractivity contribution in [3.05, 3.63) is 0 Å². The van der Waals surface area contributed by atoms with Crippen LogP contribution < -0.4 is 5.32 Å². The van der Waals surface area contributed by atoms with E-state index in [0.717, 1.165) is 11.8 Å². The van der Waals surface area contributed by atoms with Crippen molar-refractivity contribution in [2.45, 2.75) is 25.2 Å². The SMILES string of the molecule is CN1C(=O)NC(C)(C(C)(O)O)C1=O. The summed E-state index contributed by atoms with van der Waals surface area (Å²) in [5, 5.41) is 20.8. The quantitative estimate of drug-likeness (QED) is 0.350. The van der Waals surface area contributed by atoms with Crippen molar-refractivity contribution < 1.29 is 19.8 Å². The van der Waals surface area contributed by atoms with Crippen LogP contribution >= 0.6 is 0 Å². The van der Waals surface area contributed by atoms with Gasteiger partial charge < -0.3 is 15.5 Å². The molecule has 13 heavy (non-hydrogen) atoms. The van der Waals surface area contributed by atoms with Crippen LogP contribution in [0.15, 0.2) is 0 Å². The Morgan fingerprint density at radius 3 is 2.08 bits per heavy atom.